The van der Waals surface area contributed by atoms with Crippen LogP contribution in [0, 0.1) is 6.92 Å². The van der Waals surface area contributed by atoms with Gasteiger partial charge in [-0.25, -0.2) is 4.79 Å². The molecule has 0 unspecified atom stereocenters. The van der Waals surface area contributed by atoms with E-state index < -0.39 is 0 Å². The van der Waals surface area contributed by atoms with Crippen LogP contribution < -0.4 is 10.6 Å². The smallest absolute Gasteiger partial charge is 0.321 e. The Hall–Kier alpha value is -1.93. The molecule has 1 aliphatic heterocycles. The average molecular weight is 363 g/mol. The van der Waals surface area contributed by atoms with Gasteiger partial charge in [0.2, 0.25) is 5.91 Å². The molecule has 8 heteroatoms. The lowest BCUT2D eigenvalue weighted by Crippen LogP contribution is -2.51. The number of aryl methyl sites for hydroxylation is 1. The number of carbonyl (C=O) groups excluding carboxylic acids is 2. The summed E-state index contributed by atoms with van der Waals surface area (Å²) in [6.45, 7) is 6.25. The van der Waals surface area contributed by atoms with Crippen LogP contribution in [0.1, 0.15) is 43.6 Å². The molecule has 3 rings (SSSR count). The third-order valence-electron chi connectivity index (χ3n) is 5.09. The summed E-state index contributed by atoms with van der Waals surface area (Å²) in [4.78, 5) is 28.4. The van der Waals surface area contributed by atoms with Gasteiger partial charge in [0.1, 0.15) is 5.76 Å². The van der Waals surface area contributed by atoms with E-state index in [9.17, 15) is 9.59 Å². The minimum atomic E-state index is -0.359. The molecule has 1 aromatic rings. The highest BCUT2D eigenvalue weighted by Gasteiger charge is 2.21. The highest BCUT2D eigenvalue weighted by atomic mass is 16.5. The van der Waals surface area contributed by atoms with E-state index in [-0.39, 0.29) is 24.5 Å². The zero-order valence-corrected chi connectivity index (χ0v) is 15.5. The van der Waals surface area contributed by atoms with E-state index in [0.29, 0.717) is 0 Å². The highest BCUT2D eigenvalue weighted by Crippen LogP contribution is 2.17. The molecule has 2 heterocycles. The van der Waals surface area contributed by atoms with Crippen LogP contribution in [0.5, 0.6) is 0 Å². The van der Waals surface area contributed by atoms with E-state index >= 15 is 0 Å². The van der Waals surface area contributed by atoms with Crippen LogP contribution in [0.2, 0.25) is 0 Å². The first-order valence-electron chi connectivity index (χ1n) is 9.56. The minimum absolute atomic E-state index is 0.209. The molecule has 26 heavy (non-hydrogen) atoms. The molecule has 144 valence electrons. The number of carbonyl (C=O) groups is 2. The fourth-order valence-electron chi connectivity index (χ4n) is 3.66. The molecule has 0 spiro atoms. The van der Waals surface area contributed by atoms with Crippen LogP contribution in [0.3, 0.4) is 0 Å². The first-order chi connectivity index (χ1) is 12.6. The van der Waals surface area contributed by atoms with Crippen molar-refractivity contribution >= 4 is 11.9 Å². The quantitative estimate of drug-likeness (QED) is 0.818. The number of rotatable bonds is 5. The van der Waals surface area contributed by atoms with E-state index in [4.69, 9.17) is 4.52 Å². The summed E-state index contributed by atoms with van der Waals surface area (Å²) >= 11 is 0. The van der Waals surface area contributed by atoms with Gasteiger partial charge in [0, 0.05) is 44.8 Å². The van der Waals surface area contributed by atoms with Gasteiger partial charge >= 0.3 is 6.03 Å². The van der Waals surface area contributed by atoms with Crippen LogP contribution in [0.15, 0.2) is 10.6 Å². The second-order valence-corrected chi connectivity index (χ2v) is 7.34. The van der Waals surface area contributed by atoms with Crippen molar-refractivity contribution in [3.63, 3.8) is 0 Å². The van der Waals surface area contributed by atoms with E-state index in [2.05, 4.69) is 25.6 Å². The molecular weight excluding hydrogens is 334 g/mol. The normalized spacial score (nSPS) is 20.0. The lowest BCUT2D eigenvalue weighted by Gasteiger charge is -2.33. The fraction of sp³-hybridized carbons (Fsp3) is 0.722. The number of urea groups is 1. The summed E-state index contributed by atoms with van der Waals surface area (Å²) in [5.74, 6) is 0.584. The number of hydrogen-bond acceptors (Lipinski definition) is 6. The van der Waals surface area contributed by atoms with Crippen LogP contribution in [-0.2, 0) is 11.3 Å². The summed E-state index contributed by atoms with van der Waals surface area (Å²) in [6.07, 6.45) is 5.55. The predicted molar refractivity (Wildman–Crippen MR) is 96.5 cm³/mol. The average Bonchev–Trinajstić information content (AvgIpc) is 3.02. The summed E-state index contributed by atoms with van der Waals surface area (Å²) < 4.78 is 5.09. The molecule has 8 nitrogen and oxygen atoms in total. The van der Waals surface area contributed by atoms with E-state index in [1.54, 1.807) is 0 Å². The lowest BCUT2D eigenvalue weighted by molar-refractivity contribution is -0.121. The predicted octanol–water partition coefficient (Wildman–Crippen LogP) is 1.26. The third-order valence-corrected chi connectivity index (χ3v) is 5.09. The summed E-state index contributed by atoms with van der Waals surface area (Å²) in [7, 11) is 0. The van der Waals surface area contributed by atoms with Crippen molar-refractivity contribution in [2.45, 2.75) is 51.6 Å². The Labute approximate surface area is 154 Å². The molecule has 0 atom stereocenters. The van der Waals surface area contributed by atoms with Crippen molar-refractivity contribution in [1.82, 2.24) is 25.6 Å². The first-order valence-corrected chi connectivity index (χ1v) is 9.56. The fourth-order valence-corrected chi connectivity index (χ4v) is 3.66. The Bertz CT molecular complexity index is 604. The maximum Gasteiger partial charge on any atom is 0.321 e. The molecule has 3 amide bonds. The topological polar surface area (TPSA) is 90.7 Å². The van der Waals surface area contributed by atoms with Crippen LogP contribution in [0.4, 0.5) is 4.79 Å². The van der Waals surface area contributed by atoms with Crippen LogP contribution >= 0.6 is 0 Å². The molecule has 0 radical (unpaired) electrons. The van der Waals surface area contributed by atoms with Crippen molar-refractivity contribution in [2.24, 2.45) is 0 Å². The number of nitrogens with one attached hydrogen (secondary N) is 2. The van der Waals surface area contributed by atoms with Crippen LogP contribution in [0.25, 0.3) is 0 Å². The van der Waals surface area contributed by atoms with Gasteiger partial charge in [0.05, 0.1) is 12.2 Å². The Kier molecular flexibility index (Phi) is 6.62. The Morgan fingerprint density at radius 2 is 1.85 bits per heavy atom. The van der Waals surface area contributed by atoms with Gasteiger partial charge in [-0.1, -0.05) is 24.4 Å². The number of nitrogens with zero attached hydrogens (tertiary/aromatic N) is 3. The molecule has 0 bridgehead atoms. The van der Waals surface area contributed by atoms with Crippen molar-refractivity contribution in [2.75, 3.05) is 32.7 Å². The zero-order valence-electron chi connectivity index (χ0n) is 15.5. The van der Waals surface area contributed by atoms with Crippen LogP contribution in [-0.4, -0.2) is 65.7 Å². The van der Waals surface area contributed by atoms with Gasteiger partial charge in [0.25, 0.3) is 0 Å². The molecule has 0 aromatic carbocycles. The SMILES string of the molecule is Cc1cc(CN2CCN(CC(=O)NC(=O)NC3CCCCC3)CC2)no1. The third kappa shape index (κ3) is 5.81. The first kappa shape index (κ1) is 18.8. The van der Waals surface area contributed by atoms with Crippen molar-refractivity contribution in [1.29, 1.82) is 0 Å². The van der Waals surface area contributed by atoms with Crippen molar-refractivity contribution in [3.8, 4) is 0 Å². The lowest BCUT2D eigenvalue weighted by atomic mass is 9.96. The van der Waals surface area contributed by atoms with Gasteiger partial charge in [-0.05, 0) is 19.8 Å². The molecule has 2 N–H and O–H groups in total. The molecule has 1 aromatic heterocycles. The number of imide groups is 1. The molecule has 1 saturated heterocycles. The second kappa shape index (κ2) is 9.14. The second-order valence-electron chi connectivity index (χ2n) is 7.34. The van der Waals surface area contributed by atoms with Gasteiger partial charge in [-0.3, -0.25) is 19.9 Å². The van der Waals surface area contributed by atoms with E-state index in [1.165, 1.54) is 6.42 Å². The number of amides is 3. The van der Waals surface area contributed by atoms with Crippen molar-refractivity contribution < 1.29 is 14.1 Å². The van der Waals surface area contributed by atoms with Gasteiger partial charge < -0.3 is 9.84 Å². The largest absolute Gasteiger partial charge is 0.361 e. The van der Waals surface area contributed by atoms with Gasteiger partial charge in [-0.2, -0.15) is 0 Å². The van der Waals surface area contributed by atoms with Gasteiger partial charge in [0.15, 0.2) is 0 Å². The number of hydrogen-bond donors (Lipinski definition) is 2. The molecule has 1 aliphatic carbocycles. The summed E-state index contributed by atoms with van der Waals surface area (Å²) in [5, 5.41) is 9.39. The Balaban J connectivity index is 1.33. The standard InChI is InChI=1S/C18H29N5O3/c1-14-11-16(21-26-14)12-22-7-9-23(10-8-22)13-17(24)20-18(25)19-15-5-3-2-4-6-15/h11,15H,2-10,12-13H2,1H3,(H2,19,20,24,25). The van der Waals surface area contributed by atoms with Crippen molar-refractivity contribution in [3.05, 3.63) is 17.5 Å². The summed E-state index contributed by atoms with van der Waals surface area (Å²) in [6, 6.07) is 1.80. The highest BCUT2D eigenvalue weighted by molar-refractivity contribution is 5.95. The monoisotopic (exact) mass is 363 g/mol. The van der Waals surface area contributed by atoms with E-state index in [1.807, 2.05) is 13.0 Å². The molecular formula is C18H29N5O3. The molecule has 2 aliphatic rings. The number of aromatic nitrogens is 1. The van der Waals surface area contributed by atoms with E-state index in [0.717, 1.165) is 69.9 Å². The Morgan fingerprint density at radius 3 is 2.50 bits per heavy atom. The molecule has 2 fully saturated rings. The zero-order chi connectivity index (χ0) is 18.4. The van der Waals surface area contributed by atoms with Gasteiger partial charge in [-0.15, -0.1) is 0 Å². The maximum absolute atomic E-state index is 12.1. The molecule has 1 saturated carbocycles. The minimum Gasteiger partial charge on any atom is -0.361 e. The summed E-state index contributed by atoms with van der Waals surface area (Å²) in [5.41, 5.74) is 0.938. The maximum atomic E-state index is 12.1. The Morgan fingerprint density at radius 1 is 1.15 bits per heavy atom. The number of piperazine rings is 1.